The molecule has 0 radical (unpaired) electrons. The minimum absolute atomic E-state index is 0.0125. The van der Waals surface area contributed by atoms with Crippen molar-refractivity contribution in [3.63, 3.8) is 0 Å². The Morgan fingerprint density at radius 2 is 1.68 bits per heavy atom. The van der Waals surface area contributed by atoms with Crippen LogP contribution in [-0.4, -0.2) is 38.7 Å². The summed E-state index contributed by atoms with van der Waals surface area (Å²) in [6.07, 6.45) is 0.301. The number of nitrogens with zero attached hydrogens (tertiary/aromatic N) is 2. The third-order valence-corrected chi connectivity index (χ3v) is 6.19. The van der Waals surface area contributed by atoms with Gasteiger partial charge in [-0.2, -0.15) is 5.10 Å². The SMILES string of the molecule is CCOc1ccc(C2=NN3C(C2)c2cccc(OC)c2OC3c2ccc(OC)c(OC)c2)cc1. The van der Waals surface area contributed by atoms with E-state index in [9.17, 15) is 0 Å². The number of para-hydroxylation sites is 1. The zero-order chi connectivity index (χ0) is 23.7. The van der Waals surface area contributed by atoms with E-state index >= 15 is 0 Å². The summed E-state index contributed by atoms with van der Waals surface area (Å²) in [4.78, 5) is 0. The van der Waals surface area contributed by atoms with Gasteiger partial charge in [0.25, 0.3) is 0 Å². The third-order valence-electron chi connectivity index (χ3n) is 6.19. The summed E-state index contributed by atoms with van der Waals surface area (Å²) >= 11 is 0. The van der Waals surface area contributed by atoms with Crippen molar-refractivity contribution >= 4 is 5.71 Å². The highest BCUT2D eigenvalue weighted by Crippen LogP contribution is 2.51. The summed E-state index contributed by atoms with van der Waals surface area (Å²) in [7, 11) is 4.91. The molecule has 0 amide bonds. The van der Waals surface area contributed by atoms with Crippen molar-refractivity contribution < 1.29 is 23.7 Å². The van der Waals surface area contributed by atoms with Crippen LogP contribution in [0.2, 0.25) is 0 Å². The third kappa shape index (κ3) is 3.77. The first-order valence-corrected chi connectivity index (χ1v) is 11.3. The van der Waals surface area contributed by atoms with Gasteiger partial charge in [-0.1, -0.05) is 12.1 Å². The predicted octanol–water partition coefficient (Wildman–Crippen LogP) is 5.35. The zero-order valence-corrected chi connectivity index (χ0v) is 19.8. The molecule has 0 bridgehead atoms. The van der Waals surface area contributed by atoms with Crippen molar-refractivity contribution in [1.82, 2.24) is 5.01 Å². The Hall–Kier alpha value is -3.87. The fourth-order valence-corrected chi connectivity index (χ4v) is 4.56. The zero-order valence-electron chi connectivity index (χ0n) is 19.8. The van der Waals surface area contributed by atoms with Crippen molar-refractivity contribution in [3.05, 3.63) is 77.4 Å². The summed E-state index contributed by atoms with van der Waals surface area (Å²) in [5.41, 5.74) is 4.03. The molecule has 2 heterocycles. The molecule has 5 rings (SSSR count). The molecule has 0 aromatic heterocycles. The van der Waals surface area contributed by atoms with Gasteiger partial charge in [0.2, 0.25) is 6.23 Å². The lowest BCUT2D eigenvalue weighted by molar-refractivity contribution is -0.0210. The van der Waals surface area contributed by atoms with Crippen LogP contribution < -0.4 is 23.7 Å². The molecule has 0 N–H and O–H groups in total. The lowest BCUT2D eigenvalue weighted by atomic mass is 9.95. The molecule has 7 heteroatoms. The summed E-state index contributed by atoms with van der Waals surface area (Å²) in [5, 5.41) is 7.07. The summed E-state index contributed by atoms with van der Waals surface area (Å²) in [5.74, 6) is 3.60. The quantitative estimate of drug-likeness (QED) is 0.474. The molecule has 0 spiro atoms. The Kier molecular flexibility index (Phi) is 5.92. The van der Waals surface area contributed by atoms with Crippen LogP contribution in [0.15, 0.2) is 65.8 Å². The number of rotatable bonds is 7. The Balaban J connectivity index is 1.57. The van der Waals surface area contributed by atoms with Crippen molar-refractivity contribution in [1.29, 1.82) is 0 Å². The van der Waals surface area contributed by atoms with E-state index in [0.717, 1.165) is 40.3 Å². The Labute approximate surface area is 199 Å². The molecule has 2 unspecified atom stereocenters. The second-order valence-electron chi connectivity index (χ2n) is 8.07. The second-order valence-corrected chi connectivity index (χ2v) is 8.07. The molecular formula is C27H28N2O5. The van der Waals surface area contributed by atoms with Gasteiger partial charge in [0.1, 0.15) is 5.75 Å². The number of hydrogen-bond acceptors (Lipinski definition) is 7. The number of methoxy groups -OCH3 is 3. The van der Waals surface area contributed by atoms with Crippen molar-refractivity contribution in [2.24, 2.45) is 5.10 Å². The van der Waals surface area contributed by atoms with Gasteiger partial charge in [-0.25, -0.2) is 5.01 Å². The van der Waals surface area contributed by atoms with Crippen LogP contribution in [0.25, 0.3) is 0 Å². The van der Waals surface area contributed by atoms with E-state index < -0.39 is 6.23 Å². The van der Waals surface area contributed by atoms with Crippen LogP contribution in [0.5, 0.6) is 28.7 Å². The molecule has 2 atom stereocenters. The molecule has 176 valence electrons. The highest BCUT2D eigenvalue weighted by Gasteiger charge is 2.42. The first-order chi connectivity index (χ1) is 16.7. The monoisotopic (exact) mass is 460 g/mol. The van der Waals surface area contributed by atoms with E-state index in [-0.39, 0.29) is 6.04 Å². The number of benzene rings is 3. The van der Waals surface area contributed by atoms with Gasteiger partial charge in [0.15, 0.2) is 23.0 Å². The van der Waals surface area contributed by atoms with Crippen LogP contribution in [-0.2, 0) is 0 Å². The summed E-state index contributed by atoms with van der Waals surface area (Å²) in [6.45, 7) is 2.62. The normalized spacial score (nSPS) is 18.4. The Bertz CT molecular complexity index is 1210. The lowest BCUT2D eigenvalue weighted by Crippen LogP contribution is -2.33. The molecule has 0 saturated carbocycles. The van der Waals surface area contributed by atoms with Crippen LogP contribution in [0.3, 0.4) is 0 Å². The van der Waals surface area contributed by atoms with Crippen molar-refractivity contribution in [3.8, 4) is 28.7 Å². The highest BCUT2D eigenvalue weighted by atomic mass is 16.5. The van der Waals surface area contributed by atoms with Gasteiger partial charge in [0.05, 0.1) is 39.7 Å². The summed E-state index contributed by atoms with van der Waals surface area (Å²) < 4.78 is 28.7. The Morgan fingerprint density at radius 3 is 2.38 bits per heavy atom. The summed E-state index contributed by atoms with van der Waals surface area (Å²) in [6, 6.07) is 19.9. The van der Waals surface area contributed by atoms with Crippen molar-refractivity contribution in [2.45, 2.75) is 25.6 Å². The average Bonchev–Trinajstić information content (AvgIpc) is 3.34. The first-order valence-electron chi connectivity index (χ1n) is 11.3. The molecule has 2 aliphatic rings. The van der Waals surface area contributed by atoms with Gasteiger partial charge in [0, 0.05) is 17.5 Å². The van der Waals surface area contributed by atoms with E-state index in [1.54, 1.807) is 21.3 Å². The average molecular weight is 461 g/mol. The van der Waals surface area contributed by atoms with E-state index in [0.29, 0.717) is 23.9 Å². The molecule has 0 fully saturated rings. The lowest BCUT2D eigenvalue weighted by Gasteiger charge is -2.38. The largest absolute Gasteiger partial charge is 0.494 e. The fourth-order valence-electron chi connectivity index (χ4n) is 4.56. The van der Waals surface area contributed by atoms with E-state index in [1.165, 1.54) is 0 Å². The molecule has 3 aromatic carbocycles. The van der Waals surface area contributed by atoms with Crippen LogP contribution in [0.1, 0.15) is 42.3 Å². The minimum atomic E-state index is -0.450. The molecule has 7 nitrogen and oxygen atoms in total. The molecule has 0 saturated heterocycles. The van der Waals surface area contributed by atoms with Crippen molar-refractivity contribution in [2.75, 3.05) is 27.9 Å². The van der Waals surface area contributed by atoms with Gasteiger partial charge in [-0.3, -0.25) is 0 Å². The molecule has 0 aliphatic carbocycles. The highest BCUT2D eigenvalue weighted by molar-refractivity contribution is 6.02. The number of hydrazone groups is 1. The standard InChI is InChI=1S/C27H28N2O5/c1-5-33-19-12-9-17(10-13-19)21-16-22-20-7-6-8-24(31-3)26(20)34-27(29(22)28-21)18-11-14-23(30-2)25(15-18)32-4/h6-15,22,27H,5,16H2,1-4H3. The van der Waals surface area contributed by atoms with Crippen LogP contribution in [0, 0.1) is 0 Å². The van der Waals surface area contributed by atoms with E-state index in [4.69, 9.17) is 28.8 Å². The maximum absolute atomic E-state index is 6.54. The van der Waals surface area contributed by atoms with Gasteiger partial charge in [-0.05, 0) is 61.0 Å². The Morgan fingerprint density at radius 1 is 0.912 bits per heavy atom. The van der Waals surface area contributed by atoms with E-state index in [1.807, 2.05) is 54.4 Å². The van der Waals surface area contributed by atoms with Gasteiger partial charge < -0.3 is 23.7 Å². The van der Waals surface area contributed by atoms with Crippen LogP contribution in [0.4, 0.5) is 0 Å². The maximum atomic E-state index is 6.54. The number of fused-ring (bicyclic) bond motifs is 3. The molecule has 2 aliphatic heterocycles. The van der Waals surface area contributed by atoms with Crippen LogP contribution >= 0.6 is 0 Å². The predicted molar refractivity (Wildman–Crippen MR) is 129 cm³/mol. The molecular weight excluding hydrogens is 432 g/mol. The van der Waals surface area contributed by atoms with Gasteiger partial charge >= 0.3 is 0 Å². The molecule has 3 aromatic rings. The minimum Gasteiger partial charge on any atom is -0.494 e. The topological polar surface area (TPSA) is 61.8 Å². The maximum Gasteiger partial charge on any atom is 0.214 e. The van der Waals surface area contributed by atoms with E-state index in [2.05, 4.69) is 18.2 Å². The van der Waals surface area contributed by atoms with Gasteiger partial charge in [-0.15, -0.1) is 0 Å². The fraction of sp³-hybridized carbons (Fsp3) is 0.296. The molecule has 34 heavy (non-hydrogen) atoms. The smallest absolute Gasteiger partial charge is 0.214 e. The first kappa shape index (κ1) is 21.9. The number of hydrogen-bond donors (Lipinski definition) is 0. The number of ether oxygens (including phenoxy) is 5. The second kappa shape index (κ2) is 9.17.